The summed E-state index contributed by atoms with van der Waals surface area (Å²) in [4.78, 5) is 18.4. The molecule has 0 saturated heterocycles. The van der Waals surface area contributed by atoms with E-state index in [1.165, 1.54) is 0 Å². The van der Waals surface area contributed by atoms with Gasteiger partial charge in [-0.1, -0.05) is 81.1 Å². The second kappa shape index (κ2) is 11.5. The molecule has 6 aromatic rings. The Balaban J connectivity index is 1.43. The van der Waals surface area contributed by atoms with E-state index in [0.717, 1.165) is 22.9 Å². The van der Waals surface area contributed by atoms with E-state index in [-0.39, 0.29) is 17.1 Å². The second-order valence-electron chi connectivity index (χ2n) is 10.3. The van der Waals surface area contributed by atoms with Gasteiger partial charge in [-0.2, -0.15) is 5.10 Å². The Bertz CT molecular complexity index is 2010. The number of hydrogen-bond acceptors (Lipinski definition) is 6. The Hall–Kier alpha value is -4.02. The van der Waals surface area contributed by atoms with Crippen molar-refractivity contribution >= 4 is 62.5 Å². The third-order valence-electron chi connectivity index (χ3n) is 7.46. The van der Waals surface area contributed by atoms with Crippen molar-refractivity contribution in [3.8, 4) is 28.5 Å². The van der Waals surface area contributed by atoms with Crippen molar-refractivity contribution in [1.29, 1.82) is 0 Å². The first-order valence-electron chi connectivity index (χ1n) is 13.5. The van der Waals surface area contributed by atoms with Gasteiger partial charge in [-0.05, 0) is 73.0 Å². The average molecular weight is 707 g/mol. The molecule has 0 radical (unpaired) electrons. The molecule has 3 aromatic heterocycles. The number of halogens is 4. The second-order valence-corrected chi connectivity index (χ2v) is 12.5. The van der Waals surface area contributed by atoms with Gasteiger partial charge in [0.2, 0.25) is 5.89 Å². The molecule has 1 saturated carbocycles. The van der Waals surface area contributed by atoms with Gasteiger partial charge in [0.1, 0.15) is 5.82 Å². The van der Waals surface area contributed by atoms with E-state index < -0.39 is 11.3 Å². The Morgan fingerprint density at radius 3 is 2.34 bits per heavy atom. The fourth-order valence-electron chi connectivity index (χ4n) is 5.13. The highest BCUT2D eigenvalue weighted by Crippen LogP contribution is 2.53. The molecule has 7 rings (SSSR count). The summed E-state index contributed by atoms with van der Waals surface area (Å²) in [5.41, 5.74) is 2.66. The number of hydrogen-bond donors (Lipinski definition) is 1. The monoisotopic (exact) mass is 704 g/mol. The summed E-state index contributed by atoms with van der Waals surface area (Å²) in [7, 11) is 0. The van der Waals surface area contributed by atoms with Gasteiger partial charge in [0.15, 0.2) is 5.69 Å². The van der Waals surface area contributed by atoms with E-state index in [0.29, 0.717) is 43.7 Å². The van der Waals surface area contributed by atoms with Crippen LogP contribution in [0.3, 0.4) is 0 Å². The number of anilines is 1. The molecule has 0 bridgehead atoms. The summed E-state index contributed by atoms with van der Waals surface area (Å²) in [6, 6.07) is 25.4. The minimum Gasteiger partial charge on any atom is -0.418 e. The van der Waals surface area contributed by atoms with Gasteiger partial charge < -0.3 is 9.73 Å². The molecule has 0 atom stereocenters. The number of nitrogens with zero attached hydrogens (tertiary/aromatic N) is 5. The lowest BCUT2D eigenvalue weighted by Gasteiger charge is -2.12. The lowest BCUT2D eigenvalue weighted by Crippen LogP contribution is -2.15. The van der Waals surface area contributed by atoms with Gasteiger partial charge in [-0.3, -0.25) is 4.79 Å². The lowest BCUT2D eigenvalue weighted by atomic mass is 9.96. The molecule has 3 heterocycles. The van der Waals surface area contributed by atoms with Crippen LogP contribution in [0.2, 0.25) is 15.1 Å². The smallest absolute Gasteiger partial charge is 0.269 e. The number of carbonyl (C=O) groups is 1. The van der Waals surface area contributed by atoms with Crippen LogP contribution in [0.5, 0.6) is 0 Å². The highest BCUT2D eigenvalue weighted by atomic mass is 79.9. The normalized spacial score (nSPS) is 13.5. The summed E-state index contributed by atoms with van der Waals surface area (Å²) in [6.45, 7) is 0. The standard InChI is InChI=1S/C32H20BrCl3N6O2/c33-20-8-4-18(5-9-20)28-26(29(43)38-25-3-1-2-16-37-25)27(41-42(28)24-13-12-22(35)17-23(24)36)30-39-40-31(44-30)32(14-15-32)19-6-10-21(34)11-7-19/h1-13,16-17H,14-15H2,(H,37,38,43). The van der Waals surface area contributed by atoms with Crippen LogP contribution < -0.4 is 5.32 Å². The minimum atomic E-state index is -0.466. The van der Waals surface area contributed by atoms with E-state index >= 15 is 0 Å². The predicted octanol–water partition coefficient (Wildman–Crippen LogP) is 9.04. The maximum absolute atomic E-state index is 14.2. The first-order valence-corrected chi connectivity index (χ1v) is 15.4. The summed E-state index contributed by atoms with van der Waals surface area (Å²) in [5, 5.41) is 18.1. The van der Waals surface area contributed by atoms with Crippen molar-refractivity contribution in [2.45, 2.75) is 18.3 Å². The van der Waals surface area contributed by atoms with Crippen molar-refractivity contribution in [2.75, 3.05) is 5.32 Å². The van der Waals surface area contributed by atoms with Crippen molar-refractivity contribution in [2.24, 2.45) is 0 Å². The fourth-order valence-corrected chi connectivity index (χ4v) is 6.01. The van der Waals surface area contributed by atoms with E-state index in [4.69, 9.17) is 44.3 Å². The molecule has 1 aliphatic carbocycles. The molecule has 218 valence electrons. The molecule has 12 heteroatoms. The van der Waals surface area contributed by atoms with E-state index in [1.54, 1.807) is 47.3 Å². The van der Waals surface area contributed by atoms with E-state index in [1.807, 2.05) is 48.5 Å². The Kier molecular flexibility index (Phi) is 7.50. The van der Waals surface area contributed by atoms with Crippen LogP contribution >= 0.6 is 50.7 Å². The highest BCUT2D eigenvalue weighted by Gasteiger charge is 2.51. The maximum Gasteiger partial charge on any atom is 0.269 e. The highest BCUT2D eigenvalue weighted by molar-refractivity contribution is 9.10. The van der Waals surface area contributed by atoms with Crippen molar-refractivity contribution in [1.82, 2.24) is 25.0 Å². The summed E-state index contributed by atoms with van der Waals surface area (Å²) >= 11 is 22.6. The third-order valence-corrected chi connectivity index (χ3v) is 8.78. The molecule has 1 amide bonds. The SMILES string of the molecule is O=C(Nc1ccccn1)c1c(-c2nnc(C3(c4ccc(Cl)cc4)CC3)o2)nn(-c2ccc(Cl)cc2Cl)c1-c1ccc(Br)cc1. The Morgan fingerprint density at radius 2 is 1.66 bits per heavy atom. The van der Waals surface area contributed by atoms with Crippen molar-refractivity contribution in [3.63, 3.8) is 0 Å². The van der Waals surface area contributed by atoms with E-state index in [9.17, 15) is 4.79 Å². The summed E-state index contributed by atoms with van der Waals surface area (Å²) in [5.74, 6) is 0.434. The maximum atomic E-state index is 14.2. The fraction of sp³-hybridized carbons (Fsp3) is 0.0938. The molecule has 44 heavy (non-hydrogen) atoms. The molecule has 1 fully saturated rings. The van der Waals surface area contributed by atoms with Crippen LogP contribution in [0, 0.1) is 0 Å². The zero-order chi connectivity index (χ0) is 30.4. The number of amides is 1. The molecule has 1 N–H and O–H groups in total. The largest absolute Gasteiger partial charge is 0.418 e. The number of aromatic nitrogens is 5. The zero-order valence-corrected chi connectivity index (χ0v) is 26.5. The Labute approximate surface area is 275 Å². The summed E-state index contributed by atoms with van der Waals surface area (Å²) < 4.78 is 8.81. The Morgan fingerprint density at radius 1 is 0.909 bits per heavy atom. The molecule has 8 nitrogen and oxygen atoms in total. The van der Waals surface area contributed by atoms with Crippen LogP contribution in [-0.2, 0) is 5.41 Å². The third kappa shape index (κ3) is 5.30. The number of carbonyl (C=O) groups excluding carboxylic acids is 1. The van der Waals surface area contributed by atoms with Crippen molar-refractivity contribution < 1.29 is 9.21 Å². The van der Waals surface area contributed by atoms with Gasteiger partial charge in [0.25, 0.3) is 11.8 Å². The van der Waals surface area contributed by atoms with Gasteiger partial charge >= 0.3 is 0 Å². The van der Waals surface area contributed by atoms with E-state index in [2.05, 4.69) is 36.4 Å². The van der Waals surface area contributed by atoms with Gasteiger partial charge in [0, 0.05) is 26.3 Å². The van der Waals surface area contributed by atoms with Crippen molar-refractivity contribution in [3.05, 3.63) is 128 Å². The van der Waals surface area contributed by atoms with Crippen LogP contribution in [-0.4, -0.2) is 30.9 Å². The van der Waals surface area contributed by atoms with Gasteiger partial charge in [-0.15, -0.1) is 10.2 Å². The number of nitrogens with one attached hydrogen (secondary N) is 1. The van der Waals surface area contributed by atoms with Crippen LogP contribution in [0.15, 0.2) is 100 Å². The molecular formula is C32H20BrCl3N6O2. The minimum absolute atomic E-state index is 0.0913. The van der Waals surface area contributed by atoms with Crippen LogP contribution in [0.4, 0.5) is 5.82 Å². The lowest BCUT2D eigenvalue weighted by molar-refractivity contribution is 0.102. The number of pyridine rings is 1. The molecule has 0 unspecified atom stereocenters. The molecule has 0 aliphatic heterocycles. The first-order chi connectivity index (χ1) is 21.3. The number of benzene rings is 3. The molecular weight excluding hydrogens is 687 g/mol. The zero-order valence-electron chi connectivity index (χ0n) is 22.6. The first kappa shape index (κ1) is 28.7. The molecule has 0 spiro atoms. The topological polar surface area (TPSA) is 98.7 Å². The molecule has 3 aromatic carbocycles. The van der Waals surface area contributed by atoms with Gasteiger partial charge in [0.05, 0.1) is 27.4 Å². The average Bonchev–Trinajstić information content (AvgIpc) is 3.50. The van der Waals surface area contributed by atoms with Crippen LogP contribution in [0.25, 0.3) is 28.5 Å². The van der Waals surface area contributed by atoms with Gasteiger partial charge in [-0.25, -0.2) is 9.67 Å². The summed E-state index contributed by atoms with van der Waals surface area (Å²) in [6.07, 6.45) is 3.27. The van der Waals surface area contributed by atoms with Crippen LogP contribution in [0.1, 0.15) is 34.7 Å². The quantitative estimate of drug-likeness (QED) is 0.178. The number of rotatable bonds is 7. The predicted molar refractivity (Wildman–Crippen MR) is 174 cm³/mol. The molecule has 1 aliphatic rings.